The predicted octanol–water partition coefficient (Wildman–Crippen LogP) is 3.28. The average molecular weight is 328 g/mol. The summed E-state index contributed by atoms with van der Waals surface area (Å²) in [6, 6.07) is 10.1. The van der Waals surface area contributed by atoms with Crippen LogP contribution < -0.4 is 5.32 Å². The van der Waals surface area contributed by atoms with Crippen molar-refractivity contribution in [1.29, 1.82) is 0 Å². The van der Waals surface area contributed by atoms with Gasteiger partial charge in [-0.15, -0.1) is 0 Å². The molecule has 1 aromatic heterocycles. The number of nitrogens with zero attached hydrogens (tertiary/aromatic N) is 3. The molecule has 0 saturated heterocycles. The van der Waals surface area contributed by atoms with E-state index in [1.807, 2.05) is 25.1 Å². The molecular formula is C18H24N4O2. The van der Waals surface area contributed by atoms with Crippen molar-refractivity contribution in [2.45, 2.75) is 45.1 Å². The highest BCUT2D eigenvalue weighted by molar-refractivity contribution is 5.74. The van der Waals surface area contributed by atoms with E-state index in [0.717, 1.165) is 12.8 Å². The van der Waals surface area contributed by atoms with Gasteiger partial charge in [0.2, 0.25) is 5.89 Å². The highest BCUT2D eigenvalue weighted by Crippen LogP contribution is 2.38. The lowest BCUT2D eigenvalue weighted by atomic mass is 10.0. The molecule has 1 saturated carbocycles. The van der Waals surface area contributed by atoms with Gasteiger partial charge in [-0.3, -0.25) is 0 Å². The molecule has 0 unspecified atom stereocenters. The Bertz CT molecular complexity index is 667. The van der Waals surface area contributed by atoms with Crippen LogP contribution >= 0.6 is 0 Å². The molecule has 0 radical (unpaired) electrons. The zero-order valence-electron chi connectivity index (χ0n) is 14.2. The van der Waals surface area contributed by atoms with Crippen molar-refractivity contribution in [3.63, 3.8) is 0 Å². The number of nitrogens with one attached hydrogen (secondary N) is 1. The molecule has 0 spiro atoms. The van der Waals surface area contributed by atoms with Gasteiger partial charge in [0.1, 0.15) is 0 Å². The Morgan fingerprint density at radius 2 is 2.12 bits per heavy atom. The maximum Gasteiger partial charge on any atom is 0.317 e. The van der Waals surface area contributed by atoms with Crippen LogP contribution in [0.15, 0.2) is 34.9 Å². The van der Waals surface area contributed by atoms with Crippen LogP contribution in [0.25, 0.3) is 0 Å². The van der Waals surface area contributed by atoms with Gasteiger partial charge in [-0.25, -0.2) is 4.79 Å². The van der Waals surface area contributed by atoms with Crippen molar-refractivity contribution in [2.75, 3.05) is 13.1 Å². The van der Waals surface area contributed by atoms with Gasteiger partial charge in [0.15, 0.2) is 5.82 Å². The van der Waals surface area contributed by atoms with E-state index in [1.165, 1.54) is 5.56 Å². The van der Waals surface area contributed by atoms with Gasteiger partial charge in [0.25, 0.3) is 0 Å². The summed E-state index contributed by atoms with van der Waals surface area (Å²) in [5, 5.41) is 6.98. The third-order valence-electron chi connectivity index (χ3n) is 4.34. The van der Waals surface area contributed by atoms with Crippen LogP contribution in [-0.4, -0.2) is 34.2 Å². The van der Waals surface area contributed by atoms with Crippen molar-refractivity contribution in [3.8, 4) is 0 Å². The lowest BCUT2D eigenvalue weighted by Gasteiger charge is -2.21. The van der Waals surface area contributed by atoms with Crippen LogP contribution in [0, 0.1) is 0 Å². The van der Waals surface area contributed by atoms with E-state index in [4.69, 9.17) is 4.52 Å². The number of hydrogen-bond acceptors (Lipinski definition) is 4. The summed E-state index contributed by atoms with van der Waals surface area (Å²) in [4.78, 5) is 18.5. The van der Waals surface area contributed by atoms with Crippen LogP contribution in [0.3, 0.4) is 0 Å². The van der Waals surface area contributed by atoms with Crippen LogP contribution in [-0.2, 0) is 6.54 Å². The molecule has 1 atom stereocenters. The number of benzene rings is 1. The monoisotopic (exact) mass is 328 g/mol. The third-order valence-corrected chi connectivity index (χ3v) is 4.34. The summed E-state index contributed by atoms with van der Waals surface area (Å²) in [6.45, 7) is 5.62. The van der Waals surface area contributed by atoms with E-state index < -0.39 is 0 Å². The SMILES string of the molecule is CCN(Cc1noc(C2CC2)n1)C(=O)NC[C@H](C)c1ccccc1. The summed E-state index contributed by atoms with van der Waals surface area (Å²) < 4.78 is 5.25. The largest absolute Gasteiger partial charge is 0.339 e. The summed E-state index contributed by atoms with van der Waals surface area (Å²) >= 11 is 0. The smallest absolute Gasteiger partial charge is 0.317 e. The zero-order valence-corrected chi connectivity index (χ0v) is 14.2. The molecule has 128 valence electrons. The molecule has 1 aromatic carbocycles. The normalized spacial score (nSPS) is 15.1. The number of carbonyl (C=O) groups excluding carboxylic acids is 1. The maximum atomic E-state index is 12.4. The predicted molar refractivity (Wildman–Crippen MR) is 90.6 cm³/mol. The van der Waals surface area contributed by atoms with E-state index in [1.54, 1.807) is 4.90 Å². The van der Waals surface area contributed by atoms with E-state index in [0.29, 0.717) is 37.3 Å². The second-order valence-electron chi connectivity index (χ2n) is 6.34. The van der Waals surface area contributed by atoms with Crippen molar-refractivity contribution in [3.05, 3.63) is 47.6 Å². The molecule has 2 amide bonds. The van der Waals surface area contributed by atoms with Crippen LogP contribution in [0.4, 0.5) is 4.79 Å². The highest BCUT2D eigenvalue weighted by Gasteiger charge is 2.30. The number of carbonyl (C=O) groups is 1. The van der Waals surface area contributed by atoms with Crippen molar-refractivity contribution < 1.29 is 9.32 Å². The van der Waals surface area contributed by atoms with Crippen molar-refractivity contribution in [2.24, 2.45) is 0 Å². The highest BCUT2D eigenvalue weighted by atomic mass is 16.5. The minimum Gasteiger partial charge on any atom is -0.339 e. The second kappa shape index (κ2) is 7.47. The summed E-state index contributed by atoms with van der Waals surface area (Å²) in [5.74, 6) is 1.98. The first-order valence-electron chi connectivity index (χ1n) is 8.57. The van der Waals surface area contributed by atoms with Gasteiger partial charge in [-0.1, -0.05) is 42.4 Å². The Morgan fingerprint density at radius 1 is 1.38 bits per heavy atom. The van der Waals surface area contributed by atoms with Gasteiger partial charge in [-0.2, -0.15) is 4.98 Å². The third kappa shape index (κ3) is 4.13. The zero-order chi connectivity index (χ0) is 16.9. The lowest BCUT2D eigenvalue weighted by Crippen LogP contribution is -2.41. The first kappa shape index (κ1) is 16.5. The molecular weight excluding hydrogens is 304 g/mol. The number of urea groups is 1. The van der Waals surface area contributed by atoms with Crippen LogP contribution in [0.5, 0.6) is 0 Å². The second-order valence-corrected chi connectivity index (χ2v) is 6.34. The lowest BCUT2D eigenvalue weighted by molar-refractivity contribution is 0.195. The molecule has 1 N–H and O–H groups in total. The van der Waals surface area contributed by atoms with Gasteiger partial charge in [0.05, 0.1) is 6.54 Å². The van der Waals surface area contributed by atoms with E-state index in [-0.39, 0.29) is 11.9 Å². The molecule has 0 aliphatic heterocycles. The molecule has 1 aliphatic rings. The maximum absolute atomic E-state index is 12.4. The molecule has 6 heteroatoms. The Balaban J connectivity index is 1.51. The van der Waals surface area contributed by atoms with Crippen LogP contribution in [0.1, 0.15) is 55.8 Å². The molecule has 2 aromatic rings. The van der Waals surface area contributed by atoms with Gasteiger partial charge < -0.3 is 14.7 Å². The fraction of sp³-hybridized carbons (Fsp3) is 0.500. The molecule has 24 heavy (non-hydrogen) atoms. The fourth-order valence-corrected chi connectivity index (χ4v) is 2.58. The Labute approximate surface area is 142 Å². The van der Waals surface area contributed by atoms with E-state index >= 15 is 0 Å². The Hall–Kier alpha value is -2.37. The molecule has 1 fully saturated rings. The Morgan fingerprint density at radius 3 is 2.79 bits per heavy atom. The summed E-state index contributed by atoms with van der Waals surface area (Å²) in [5.41, 5.74) is 1.22. The molecule has 3 rings (SSSR count). The summed E-state index contributed by atoms with van der Waals surface area (Å²) in [6.07, 6.45) is 2.24. The van der Waals surface area contributed by atoms with Gasteiger partial charge in [-0.05, 0) is 31.2 Å². The number of hydrogen-bond donors (Lipinski definition) is 1. The molecule has 1 aliphatic carbocycles. The van der Waals surface area contributed by atoms with E-state index in [9.17, 15) is 4.79 Å². The first-order chi connectivity index (χ1) is 11.7. The van der Waals surface area contributed by atoms with Gasteiger partial charge in [0, 0.05) is 19.0 Å². The van der Waals surface area contributed by atoms with Crippen molar-refractivity contribution >= 4 is 6.03 Å². The molecule has 6 nitrogen and oxygen atoms in total. The topological polar surface area (TPSA) is 71.3 Å². The minimum atomic E-state index is -0.0990. The Kier molecular flexibility index (Phi) is 5.13. The number of rotatable bonds is 7. The first-order valence-corrected chi connectivity index (χ1v) is 8.57. The minimum absolute atomic E-state index is 0.0990. The molecule has 0 bridgehead atoms. The quantitative estimate of drug-likeness (QED) is 0.846. The molecule has 1 heterocycles. The van der Waals surface area contributed by atoms with Crippen molar-refractivity contribution in [1.82, 2.24) is 20.4 Å². The number of amides is 2. The summed E-state index contributed by atoms with van der Waals surface area (Å²) in [7, 11) is 0. The average Bonchev–Trinajstić information content (AvgIpc) is 3.37. The van der Waals surface area contributed by atoms with Gasteiger partial charge >= 0.3 is 6.03 Å². The van der Waals surface area contributed by atoms with Crippen LogP contribution in [0.2, 0.25) is 0 Å². The number of aromatic nitrogens is 2. The van der Waals surface area contributed by atoms with E-state index in [2.05, 4.69) is 34.5 Å². The standard InChI is InChI=1S/C18H24N4O2/c1-3-22(12-16-20-17(24-21-16)15-9-10-15)18(23)19-11-13(2)14-7-5-4-6-8-14/h4-8,13,15H,3,9-12H2,1-2H3,(H,19,23)/t13-/m0/s1. The fourth-order valence-electron chi connectivity index (χ4n) is 2.58.